The van der Waals surface area contributed by atoms with Crippen LogP contribution in [0.4, 0.5) is 0 Å². The highest BCUT2D eigenvalue weighted by atomic mass is 35.5. The van der Waals surface area contributed by atoms with E-state index in [4.69, 9.17) is 27.9 Å². The highest BCUT2D eigenvalue weighted by molar-refractivity contribution is 6.41. The number of benzene rings is 3. The first-order valence-electron chi connectivity index (χ1n) is 10.1. The van der Waals surface area contributed by atoms with Crippen LogP contribution in [0, 0.1) is 0 Å². The zero-order valence-corrected chi connectivity index (χ0v) is 18.7. The second-order valence-corrected chi connectivity index (χ2v) is 8.17. The van der Waals surface area contributed by atoms with Crippen LogP contribution in [-0.4, -0.2) is 36.6 Å². The van der Waals surface area contributed by atoms with Gasteiger partial charge in [-0.2, -0.15) is 0 Å². The van der Waals surface area contributed by atoms with Gasteiger partial charge < -0.3 is 10.1 Å². The molecule has 0 unspecified atom stereocenters. The average Bonchev–Trinajstić information content (AvgIpc) is 2.82. The molecule has 1 N–H and O–H groups in total. The van der Waals surface area contributed by atoms with Crippen molar-refractivity contribution in [1.29, 1.82) is 0 Å². The van der Waals surface area contributed by atoms with E-state index in [0.717, 1.165) is 5.56 Å². The molecule has 0 saturated carbocycles. The largest absolute Gasteiger partial charge is 0.452 e. The van der Waals surface area contributed by atoms with Crippen LogP contribution in [0.1, 0.15) is 47.8 Å². The maximum atomic E-state index is 12.9. The number of ether oxygens (including phenoxy) is 1. The van der Waals surface area contributed by atoms with Crippen LogP contribution in [0.15, 0.2) is 60.7 Å². The molecule has 1 aliphatic rings. The lowest BCUT2D eigenvalue weighted by molar-refractivity contribution is -0.124. The summed E-state index contributed by atoms with van der Waals surface area (Å²) < 4.78 is 5.06. The Balaban J connectivity index is 1.40. The van der Waals surface area contributed by atoms with Crippen molar-refractivity contribution in [3.8, 4) is 0 Å². The standard InChI is InChI=1S/C25H17Cl2NO5/c26-15-7-5-14(6-8-15)11-12-28-20(29)13-33-25(32)19-10-9-18-21(22(19)27)24(31)17-4-2-1-3-16(17)23(18)30/h1-10H,11-13H2,(H,28,29). The summed E-state index contributed by atoms with van der Waals surface area (Å²) in [6.45, 7) is -0.157. The molecule has 1 amide bonds. The third kappa shape index (κ3) is 4.67. The zero-order chi connectivity index (χ0) is 23.5. The van der Waals surface area contributed by atoms with Gasteiger partial charge in [-0.25, -0.2) is 4.79 Å². The molecule has 0 saturated heterocycles. The first-order chi connectivity index (χ1) is 15.9. The molecule has 0 aliphatic heterocycles. The van der Waals surface area contributed by atoms with E-state index in [0.29, 0.717) is 18.0 Å². The molecule has 0 spiro atoms. The number of hydrogen-bond donors (Lipinski definition) is 1. The molecular formula is C25H17Cl2NO5. The van der Waals surface area contributed by atoms with E-state index in [1.807, 2.05) is 12.1 Å². The third-order valence-electron chi connectivity index (χ3n) is 5.23. The van der Waals surface area contributed by atoms with Crippen LogP contribution in [0.3, 0.4) is 0 Å². The van der Waals surface area contributed by atoms with Gasteiger partial charge in [0.2, 0.25) is 0 Å². The molecule has 0 aromatic heterocycles. The summed E-state index contributed by atoms with van der Waals surface area (Å²) in [6.07, 6.45) is 0.588. The number of nitrogens with one attached hydrogen (secondary N) is 1. The summed E-state index contributed by atoms with van der Waals surface area (Å²) in [5, 5.41) is 3.12. The van der Waals surface area contributed by atoms with Crippen LogP contribution < -0.4 is 5.32 Å². The van der Waals surface area contributed by atoms with Crippen molar-refractivity contribution >= 4 is 46.6 Å². The lowest BCUT2D eigenvalue weighted by Gasteiger charge is -2.19. The van der Waals surface area contributed by atoms with Crippen molar-refractivity contribution in [3.05, 3.63) is 104 Å². The van der Waals surface area contributed by atoms with Gasteiger partial charge in [-0.3, -0.25) is 14.4 Å². The second-order valence-electron chi connectivity index (χ2n) is 7.36. The van der Waals surface area contributed by atoms with E-state index in [2.05, 4.69) is 5.32 Å². The fraction of sp³-hybridized carbons (Fsp3) is 0.120. The van der Waals surface area contributed by atoms with Gasteiger partial charge in [0.1, 0.15) is 0 Å². The smallest absolute Gasteiger partial charge is 0.340 e. The van der Waals surface area contributed by atoms with E-state index >= 15 is 0 Å². The predicted molar refractivity (Wildman–Crippen MR) is 123 cm³/mol. The number of fused-ring (bicyclic) bond motifs is 2. The van der Waals surface area contributed by atoms with E-state index in [9.17, 15) is 19.2 Å². The molecule has 0 atom stereocenters. The summed E-state index contributed by atoms with van der Waals surface area (Å²) in [5.41, 5.74) is 1.50. The van der Waals surface area contributed by atoms with Crippen molar-refractivity contribution in [1.82, 2.24) is 5.32 Å². The van der Waals surface area contributed by atoms with Crippen LogP contribution in [0.25, 0.3) is 0 Å². The summed E-state index contributed by atoms with van der Waals surface area (Å²) in [4.78, 5) is 50.2. The number of halogens is 2. The SMILES string of the molecule is O=C(COC(=O)c1ccc2c(c1Cl)C(=O)c1ccccc1C2=O)NCCc1ccc(Cl)cc1. The maximum Gasteiger partial charge on any atom is 0.340 e. The Morgan fingerprint density at radius 2 is 1.48 bits per heavy atom. The number of ketones is 2. The minimum Gasteiger partial charge on any atom is -0.452 e. The summed E-state index contributed by atoms with van der Waals surface area (Å²) >= 11 is 12.2. The molecule has 4 rings (SSSR count). The normalized spacial score (nSPS) is 12.1. The summed E-state index contributed by atoms with van der Waals surface area (Å²) in [7, 11) is 0. The minimum absolute atomic E-state index is 0.0396. The van der Waals surface area contributed by atoms with Crippen molar-refractivity contribution in [3.63, 3.8) is 0 Å². The van der Waals surface area contributed by atoms with Crippen LogP contribution in [-0.2, 0) is 16.0 Å². The summed E-state index contributed by atoms with van der Waals surface area (Å²) in [5.74, 6) is -2.14. The Hall–Kier alpha value is -3.48. The molecule has 0 heterocycles. The number of esters is 1. The molecular weight excluding hydrogens is 465 g/mol. The van der Waals surface area contributed by atoms with Crippen molar-refractivity contribution in [2.75, 3.05) is 13.2 Å². The highest BCUT2D eigenvalue weighted by Gasteiger charge is 2.33. The number of rotatable bonds is 6. The lowest BCUT2D eigenvalue weighted by Crippen LogP contribution is -2.30. The molecule has 0 radical (unpaired) electrons. The molecule has 1 aliphatic carbocycles. The number of amides is 1. The number of hydrogen-bond acceptors (Lipinski definition) is 5. The molecule has 3 aromatic rings. The van der Waals surface area contributed by atoms with Gasteiger partial charge in [-0.15, -0.1) is 0 Å². The van der Waals surface area contributed by atoms with E-state index in [1.54, 1.807) is 30.3 Å². The van der Waals surface area contributed by atoms with Gasteiger partial charge in [-0.1, -0.05) is 59.6 Å². The van der Waals surface area contributed by atoms with Crippen LogP contribution in [0.2, 0.25) is 10.0 Å². The van der Waals surface area contributed by atoms with Gasteiger partial charge in [-0.05, 0) is 36.2 Å². The van der Waals surface area contributed by atoms with Crippen LogP contribution >= 0.6 is 23.2 Å². The lowest BCUT2D eigenvalue weighted by atomic mass is 9.83. The molecule has 33 heavy (non-hydrogen) atoms. The molecule has 166 valence electrons. The topological polar surface area (TPSA) is 89.5 Å². The third-order valence-corrected chi connectivity index (χ3v) is 5.88. The van der Waals surface area contributed by atoms with Gasteiger partial charge in [0.05, 0.1) is 16.1 Å². The fourth-order valence-electron chi connectivity index (χ4n) is 3.56. The number of carbonyl (C=O) groups excluding carboxylic acids is 4. The Morgan fingerprint density at radius 1 is 0.818 bits per heavy atom. The minimum atomic E-state index is -0.866. The fourth-order valence-corrected chi connectivity index (χ4v) is 4.01. The predicted octanol–water partition coefficient (Wildman–Crippen LogP) is 4.28. The Labute approximate surface area is 199 Å². The quantitative estimate of drug-likeness (QED) is 0.415. The average molecular weight is 482 g/mol. The van der Waals surface area contributed by atoms with Gasteiger partial charge in [0.25, 0.3) is 5.91 Å². The highest BCUT2D eigenvalue weighted by Crippen LogP contribution is 2.34. The van der Waals surface area contributed by atoms with E-state index < -0.39 is 24.3 Å². The van der Waals surface area contributed by atoms with Crippen LogP contribution in [0.5, 0.6) is 0 Å². The first-order valence-corrected chi connectivity index (χ1v) is 10.8. The maximum absolute atomic E-state index is 12.9. The van der Waals surface area contributed by atoms with Gasteiger partial charge in [0.15, 0.2) is 18.2 Å². The number of carbonyl (C=O) groups is 4. The Morgan fingerprint density at radius 3 is 2.18 bits per heavy atom. The van der Waals surface area contributed by atoms with Gasteiger partial charge in [0, 0.05) is 28.3 Å². The van der Waals surface area contributed by atoms with Gasteiger partial charge >= 0.3 is 5.97 Å². The molecule has 0 bridgehead atoms. The summed E-state index contributed by atoms with van der Waals surface area (Å²) in [6, 6.07) is 16.4. The van der Waals surface area contributed by atoms with Crippen molar-refractivity contribution < 1.29 is 23.9 Å². The first kappa shape index (κ1) is 22.7. The zero-order valence-electron chi connectivity index (χ0n) is 17.2. The van der Waals surface area contributed by atoms with E-state index in [-0.39, 0.29) is 38.6 Å². The second kappa shape index (κ2) is 9.57. The molecule has 0 fully saturated rings. The Bertz CT molecular complexity index is 1280. The van der Waals surface area contributed by atoms with Crippen molar-refractivity contribution in [2.24, 2.45) is 0 Å². The molecule has 6 nitrogen and oxygen atoms in total. The van der Waals surface area contributed by atoms with E-state index in [1.165, 1.54) is 18.2 Å². The Kier molecular flexibility index (Phi) is 6.58. The van der Waals surface area contributed by atoms with Crippen molar-refractivity contribution in [2.45, 2.75) is 6.42 Å². The monoisotopic (exact) mass is 481 g/mol. The molecule has 3 aromatic carbocycles. The molecule has 8 heteroatoms.